The highest BCUT2D eigenvalue weighted by atomic mass is 19.1. The zero-order valence-corrected chi connectivity index (χ0v) is 9.33. The molecule has 3 nitrogen and oxygen atoms in total. The maximum absolute atomic E-state index is 13.3. The molecule has 1 rings (SSSR count). The summed E-state index contributed by atoms with van der Waals surface area (Å²) >= 11 is 0. The lowest BCUT2D eigenvalue weighted by atomic mass is 10.1. The molecule has 0 saturated heterocycles. The van der Waals surface area contributed by atoms with Crippen molar-refractivity contribution in [1.29, 1.82) is 0 Å². The van der Waals surface area contributed by atoms with Gasteiger partial charge in [-0.15, -0.1) is 0 Å². The Hall–Kier alpha value is -1.42. The van der Waals surface area contributed by atoms with Crippen LogP contribution in [-0.2, 0) is 22.5 Å². The van der Waals surface area contributed by atoms with Gasteiger partial charge in [0.15, 0.2) is 0 Å². The summed E-state index contributed by atoms with van der Waals surface area (Å²) in [6, 6.07) is 4.85. The van der Waals surface area contributed by atoms with Crippen molar-refractivity contribution in [3.8, 4) is 0 Å². The van der Waals surface area contributed by atoms with Crippen molar-refractivity contribution in [2.75, 3.05) is 6.61 Å². The standard InChI is InChI=1S/C12H16FNO2/c1-2-16-12(15)6-4-9-3-5-10(8-14)11(13)7-9/h3,5,7H,2,4,6,8,14H2,1H3. The van der Waals surface area contributed by atoms with Crippen molar-refractivity contribution in [3.05, 3.63) is 35.1 Å². The molecule has 0 bridgehead atoms. The summed E-state index contributed by atoms with van der Waals surface area (Å²) < 4.78 is 18.1. The molecule has 0 aliphatic rings. The molecular weight excluding hydrogens is 209 g/mol. The highest BCUT2D eigenvalue weighted by molar-refractivity contribution is 5.69. The molecule has 0 aliphatic heterocycles. The zero-order chi connectivity index (χ0) is 12.0. The molecule has 0 saturated carbocycles. The molecule has 0 aromatic heterocycles. The Bertz CT molecular complexity index is 366. The van der Waals surface area contributed by atoms with Gasteiger partial charge in [-0.05, 0) is 25.0 Å². The molecule has 0 atom stereocenters. The summed E-state index contributed by atoms with van der Waals surface area (Å²) in [5, 5.41) is 0. The second-order valence-electron chi connectivity index (χ2n) is 3.43. The minimum absolute atomic E-state index is 0.185. The smallest absolute Gasteiger partial charge is 0.306 e. The van der Waals surface area contributed by atoms with Crippen LogP contribution in [0.15, 0.2) is 18.2 Å². The van der Waals surface area contributed by atoms with Gasteiger partial charge >= 0.3 is 5.97 Å². The molecular formula is C12H16FNO2. The first-order valence-corrected chi connectivity index (χ1v) is 5.30. The fourth-order valence-corrected chi connectivity index (χ4v) is 1.39. The Balaban J connectivity index is 2.55. The molecule has 0 amide bonds. The van der Waals surface area contributed by atoms with E-state index in [4.69, 9.17) is 10.5 Å². The fourth-order valence-electron chi connectivity index (χ4n) is 1.39. The number of hydrogen-bond acceptors (Lipinski definition) is 3. The van der Waals surface area contributed by atoms with E-state index in [9.17, 15) is 9.18 Å². The second kappa shape index (κ2) is 6.23. The Morgan fingerprint density at radius 1 is 1.50 bits per heavy atom. The van der Waals surface area contributed by atoms with Crippen LogP contribution in [0.3, 0.4) is 0 Å². The molecule has 1 aromatic rings. The number of hydrogen-bond donors (Lipinski definition) is 1. The minimum atomic E-state index is -0.316. The average molecular weight is 225 g/mol. The molecule has 1 aromatic carbocycles. The zero-order valence-electron chi connectivity index (χ0n) is 9.33. The minimum Gasteiger partial charge on any atom is -0.466 e. The summed E-state index contributed by atoms with van der Waals surface area (Å²) in [5.41, 5.74) is 6.61. The van der Waals surface area contributed by atoms with Crippen LogP contribution in [0.25, 0.3) is 0 Å². The quantitative estimate of drug-likeness (QED) is 0.777. The van der Waals surface area contributed by atoms with Crippen molar-refractivity contribution in [2.45, 2.75) is 26.3 Å². The van der Waals surface area contributed by atoms with Gasteiger partial charge in [0.2, 0.25) is 0 Å². The average Bonchev–Trinajstić information content (AvgIpc) is 2.27. The van der Waals surface area contributed by atoms with Gasteiger partial charge in [0, 0.05) is 18.5 Å². The SMILES string of the molecule is CCOC(=O)CCc1ccc(CN)c(F)c1. The van der Waals surface area contributed by atoms with E-state index in [1.165, 1.54) is 6.07 Å². The van der Waals surface area contributed by atoms with Crippen molar-refractivity contribution in [2.24, 2.45) is 5.73 Å². The van der Waals surface area contributed by atoms with Crippen LogP contribution >= 0.6 is 0 Å². The van der Waals surface area contributed by atoms with E-state index in [1.807, 2.05) is 0 Å². The first kappa shape index (κ1) is 12.6. The third-order valence-electron chi connectivity index (χ3n) is 2.26. The van der Waals surface area contributed by atoms with Gasteiger partial charge in [0.1, 0.15) is 5.82 Å². The van der Waals surface area contributed by atoms with E-state index in [-0.39, 0.29) is 24.8 Å². The Morgan fingerprint density at radius 3 is 2.81 bits per heavy atom. The number of halogens is 1. The number of rotatable bonds is 5. The first-order chi connectivity index (χ1) is 7.67. The van der Waals surface area contributed by atoms with Crippen LogP contribution < -0.4 is 5.73 Å². The number of esters is 1. The first-order valence-electron chi connectivity index (χ1n) is 5.30. The number of nitrogens with two attached hydrogens (primary N) is 1. The lowest BCUT2D eigenvalue weighted by Crippen LogP contribution is -2.06. The van der Waals surface area contributed by atoms with Gasteiger partial charge in [0.05, 0.1) is 6.61 Å². The third kappa shape index (κ3) is 3.62. The van der Waals surface area contributed by atoms with Crippen molar-refractivity contribution >= 4 is 5.97 Å². The van der Waals surface area contributed by atoms with E-state index in [1.54, 1.807) is 19.1 Å². The van der Waals surface area contributed by atoms with Crippen molar-refractivity contribution in [1.82, 2.24) is 0 Å². The molecule has 2 N–H and O–H groups in total. The van der Waals surface area contributed by atoms with Crippen LogP contribution in [-0.4, -0.2) is 12.6 Å². The van der Waals surface area contributed by atoms with Gasteiger partial charge in [-0.3, -0.25) is 4.79 Å². The van der Waals surface area contributed by atoms with E-state index >= 15 is 0 Å². The van der Waals surface area contributed by atoms with Gasteiger partial charge < -0.3 is 10.5 Å². The molecule has 0 aliphatic carbocycles. The van der Waals surface area contributed by atoms with Gasteiger partial charge in [-0.2, -0.15) is 0 Å². The Kier molecular flexibility index (Phi) is 4.92. The lowest BCUT2D eigenvalue weighted by molar-refractivity contribution is -0.143. The van der Waals surface area contributed by atoms with Gasteiger partial charge in [-0.25, -0.2) is 4.39 Å². The van der Waals surface area contributed by atoms with Crippen molar-refractivity contribution < 1.29 is 13.9 Å². The van der Waals surface area contributed by atoms with Crippen LogP contribution in [0.4, 0.5) is 4.39 Å². The number of benzene rings is 1. The Labute approximate surface area is 94.4 Å². The van der Waals surface area contributed by atoms with Crippen LogP contribution in [0.5, 0.6) is 0 Å². The van der Waals surface area contributed by atoms with E-state index in [2.05, 4.69) is 0 Å². The van der Waals surface area contributed by atoms with E-state index in [0.29, 0.717) is 18.6 Å². The number of aryl methyl sites for hydroxylation is 1. The predicted molar refractivity (Wildman–Crippen MR) is 59.2 cm³/mol. The van der Waals surface area contributed by atoms with Gasteiger partial charge in [-0.1, -0.05) is 12.1 Å². The largest absolute Gasteiger partial charge is 0.466 e. The van der Waals surface area contributed by atoms with Crippen LogP contribution in [0.2, 0.25) is 0 Å². The van der Waals surface area contributed by atoms with Crippen molar-refractivity contribution in [3.63, 3.8) is 0 Å². The molecule has 88 valence electrons. The summed E-state index contributed by atoms with van der Waals surface area (Å²) in [4.78, 5) is 11.1. The number of carbonyl (C=O) groups excluding carboxylic acids is 1. The molecule has 0 fully saturated rings. The number of ether oxygens (including phenoxy) is 1. The molecule has 0 spiro atoms. The second-order valence-corrected chi connectivity index (χ2v) is 3.43. The molecule has 0 unspecified atom stereocenters. The summed E-state index contributed by atoms with van der Waals surface area (Å²) in [6.07, 6.45) is 0.760. The normalized spacial score (nSPS) is 10.2. The summed E-state index contributed by atoms with van der Waals surface area (Å²) in [7, 11) is 0. The molecule has 0 heterocycles. The summed E-state index contributed by atoms with van der Waals surface area (Å²) in [6.45, 7) is 2.32. The lowest BCUT2D eigenvalue weighted by Gasteiger charge is -2.04. The monoisotopic (exact) mass is 225 g/mol. The molecule has 0 radical (unpaired) electrons. The fraction of sp³-hybridized carbons (Fsp3) is 0.417. The maximum Gasteiger partial charge on any atom is 0.306 e. The molecule has 16 heavy (non-hydrogen) atoms. The highest BCUT2D eigenvalue weighted by Gasteiger charge is 2.05. The van der Waals surface area contributed by atoms with Crippen LogP contribution in [0, 0.1) is 5.82 Å². The van der Waals surface area contributed by atoms with E-state index < -0.39 is 0 Å². The highest BCUT2D eigenvalue weighted by Crippen LogP contribution is 2.11. The predicted octanol–water partition coefficient (Wildman–Crippen LogP) is 1.78. The topological polar surface area (TPSA) is 52.3 Å². The number of carbonyl (C=O) groups is 1. The Morgan fingerprint density at radius 2 is 2.25 bits per heavy atom. The van der Waals surface area contributed by atoms with Crippen LogP contribution in [0.1, 0.15) is 24.5 Å². The summed E-state index contributed by atoms with van der Waals surface area (Å²) in [5.74, 6) is -0.574. The third-order valence-corrected chi connectivity index (χ3v) is 2.26. The maximum atomic E-state index is 13.3. The van der Waals surface area contributed by atoms with E-state index in [0.717, 1.165) is 5.56 Å². The van der Waals surface area contributed by atoms with Gasteiger partial charge in [0.25, 0.3) is 0 Å². The molecule has 4 heteroatoms.